The molecule has 34 heavy (non-hydrogen) atoms. The molecule has 3 N–H and O–H groups in total. The summed E-state index contributed by atoms with van der Waals surface area (Å²) >= 11 is 0. The van der Waals surface area contributed by atoms with Crippen LogP contribution < -0.4 is 16.0 Å². The molecule has 0 radical (unpaired) electrons. The highest BCUT2D eigenvalue weighted by Crippen LogP contribution is 2.30. The third kappa shape index (κ3) is 5.13. The number of nitrogens with zero attached hydrogens (tertiary/aromatic N) is 1. The van der Waals surface area contributed by atoms with Crippen molar-refractivity contribution in [1.29, 1.82) is 0 Å². The summed E-state index contributed by atoms with van der Waals surface area (Å²) in [7, 11) is 1.69. The van der Waals surface area contributed by atoms with Crippen molar-refractivity contribution in [3.63, 3.8) is 0 Å². The summed E-state index contributed by atoms with van der Waals surface area (Å²) in [6, 6.07) is 17.4. The number of hydrogen-bond donors (Lipinski definition) is 3. The van der Waals surface area contributed by atoms with Gasteiger partial charge in [-0.2, -0.15) is 0 Å². The zero-order chi connectivity index (χ0) is 24.1. The van der Waals surface area contributed by atoms with E-state index in [1.165, 1.54) is 4.90 Å². The van der Waals surface area contributed by atoms with Crippen molar-refractivity contribution < 1.29 is 19.1 Å². The number of nitrogens with one attached hydrogen (secondary N) is 3. The molecule has 2 fully saturated rings. The summed E-state index contributed by atoms with van der Waals surface area (Å²) < 4.78 is 5.91. The number of amides is 3. The maximum Gasteiger partial charge on any atom is 0.247 e. The summed E-state index contributed by atoms with van der Waals surface area (Å²) in [5, 5.41) is 8.86. The average molecular weight is 465 g/mol. The summed E-state index contributed by atoms with van der Waals surface area (Å²) in [4.78, 5) is 40.9. The van der Waals surface area contributed by atoms with Crippen LogP contribution in [0.1, 0.15) is 43.4 Å². The number of hydrogen-bond acceptors (Lipinski definition) is 5. The molecule has 4 atom stereocenters. The van der Waals surface area contributed by atoms with Crippen molar-refractivity contribution in [2.45, 2.75) is 56.6 Å². The minimum atomic E-state index is -0.722. The Kier molecular flexibility index (Phi) is 7.59. The van der Waals surface area contributed by atoms with Crippen LogP contribution in [0.3, 0.4) is 0 Å². The van der Waals surface area contributed by atoms with Gasteiger partial charge in [-0.1, -0.05) is 60.7 Å². The van der Waals surface area contributed by atoms with E-state index in [2.05, 4.69) is 16.0 Å². The Morgan fingerprint density at radius 2 is 1.59 bits per heavy atom. The Morgan fingerprint density at radius 3 is 2.18 bits per heavy atom. The highest BCUT2D eigenvalue weighted by Gasteiger charge is 2.46. The third-order valence-electron chi connectivity index (χ3n) is 6.60. The highest BCUT2D eigenvalue weighted by molar-refractivity contribution is 5.94. The third-order valence-corrected chi connectivity index (χ3v) is 6.60. The number of carbonyl (C=O) groups excluding carboxylic acids is 3. The molecular weight excluding hydrogens is 432 g/mol. The molecule has 0 spiro atoms. The maximum absolute atomic E-state index is 13.5. The molecule has 2 aliphatic heterocycles. The second kappa shape index (κ2) is 10.8. The van der Waals surface area contributed by atoms with E-state index < -0.39 is 24.4 Å². The van der Waals surface area contributed by atoms with Gasteiger partial charge in [-0.15, -0.1) is 0 Å². The predicted molar refractivity (Wildman–Crippen MR) is 128 cm³/mol. The van der Waals surface area contributed by atoms with E-state index in [0.29, 0.717) is 25.9 Å². The van der Waals surface area contributed by atoms with Crippen LogP contribution in [-0.4, -0.2) is 60.6 Å². The van der Waals surface area contributed by atoms with E-state index >= 15 is 0 Å². The normalized spacial score (nSPS) is 23.2. The van der Waals surface area contributed by atoms with Gasteiger partial charge in [-0.3, -0.25) is 14.4 Å². The standard InChI is InChI=1S/C26H32N4O4/c1-17(27-2)24(31)28-20-15-16-34-22-14-13-21(30(22)26(20)33)25(32)29-23(18-9-5-3-6-10-18)19-11-7-4-8-12-19/h3-12,17,20-23,27H,13-16H2,1-2H3,(H,28,31)(H,29,32)/t17-,20-,21?,22-/m0/s1. The van der Waals surface area contributed by atoms with E-state index in [-0.39, 0.29) is 23.8 Å². The lowest BCUT2D eigenvalue weighted by Crippen LogP contribution is -2.56. The van der Waals surface area contributed by atoms with Crippen LogP contribution in [0, 0.1) is 0 Å². The summed E-state index contributed by atoms with van der Waals surface area (Å²) in [5.41, 5.74) is 1.92. The predicted octanol–water partition coefficient (Wildman–Crippen LogP) is 1.72. The first-order valence-corrected chi connectivity index (χ1v) is 11.8. The van der Waals surface area contributed by atoms with Crippen LogP contribution >= 0.6 is 0 Å². The van der Waals surface area contributed by atoms with Gasteiger partial charge in [0.25, 0.3) is 0 Å². The second-order valence-electron chi connectivity index (χ2n) is 8.79. The lowest BCUT2D eigenvalue weighted by molar-refractivity contribution is -0.149. The molecule has 2 aliphatic rings. The molecule has 1 unspecified atom stereocenters. The van der Waals surface area contributed by atoms with Gasteiger partial charge in [0.15, 0.2) is 0 Å². The molecule has 8 heteroatoms. The topological polar surface area (TPSA) is 99.8 Å². The molecule has 0 bridgehead atoms. The van der Waals surface area contributed by atoms with Crippen LogP contribution in [0.25, 0.3) is 0 Å². The smallest absolute Gasteiger partial charge is 0.247 e. The zero-order valence-corrected chi connectivity index (χ0v) is 19.6. The van der Waals surface area contributed by atoms with Crippen molar-refractivity contribution in [2.75, 3.05) is 13.7 Å². The Labute approximate surface area is 200 Å². The van der Waals surface area contributed by atoms with Gasteiger partial charge in [0.2, 0.25) is 17.7 Å². The number of carbonyl (C=O) groups is 3. The second-order valence-corrected chi connectivity index (χ2v) is 8.79. The van der Waals surface area contributed by atoms with Crippen molar-refractivity contribution in [3.05, 3.63) is 71.8 Å². The molecule has 2 aromatic rings. The molecule has 0 saturated carbocycles. The van der Waals surface area contributed by atoms with Gasteiger partial charge in [-0.25, -0.2) is 0 Å². The molecule has 0 aliphatic carbocycles. The zero-order valence-electron chi connectivity index (χ0n) is 19.6. The number of benzene rings is 2. The first kappa shape index (κ1) is 23.9. The van der Waals surface area contributed by atoms with Gasteiger partial charge in [0.05, 0.1) is 18.7 Å². The average Bonchev–Trinajstić information content (AvgIpc) is 3.24. The minimum absolute atomic E-state index is 0.229. The first-order chi connectivity index (χ1) is 16.5. The number of fused-ring (bicyclic) bond motifs is 1. The minimum Gasteiger partial charge on any atom is -0.358 e. The molecule has 2 saturated heterocycles. The maximum atomic E-state index is 13.5. The number of rotatable bonds is 7. The fourth-order valence-corrected chi connectivity index (χ4v) is 4.57. The fraction of sp³-hybridized carbons (Fsp3) is 0.423. The lowest BCUT2D eigenvalue weighted by Gasteiger charge is -2.31. The Bertz CT molecular complexity index is 961. The van der Waals surface area contributed by atoms with E-state index in [9.17, 15) is 14.4 Å². The molecule has 3 amide bonds. The van der Waals surface area contributed by atoms with Gasteiger partial charge in [0, 0.05) is 6.42 Å². The van der Waals surface area contributed by atoms with Gasteiger partial charge >= 0.3 is 0 Å². The van der Waals surface area contributed by atoms with Crippen molar-refractivity contribution in [1.82, 2.24) is 20.9 Å². The van der Waals surface area contributed by atoms with Crippen LogP contribution in [-0.2, 0) is 19.1 Å². The summed E-state index contributed by atoms with van der Waals surface area (Å²) in [6.45, 7) is 2.08. The number of ether oxygens (including phenoxy) is 1. The van der Waals surface area contributed by atoms with Crippen LogP contribution in [0.5, 0.6) is 0 Å². The molecular formula is C26H32N4O4. The molecule has 2 heterocycles. The van der Waals surface area contributed by atoms with Gasteiger partial charge < -0.3 is 25.6 Å². The van der Waals surface area contributed by atoms with Crippen LogP contribution in [0.15, 0.2) is 60.7 Å². The Balaban J connectivity index is 1.54. The monoisotopic (exact) mass is 464 g/mol. The quantitative estimate of drug-likeness (QED) is 0.580. The van der Waals surface area contributed by atoms with E-state index in [0.717, 1.165) is 11.1 Å². The van der Waals surface area contributed by atoms with Crippen molar-refractivity contribution in [3.8, 4) is 0 Å². The summed E-state index contributed by atoms with van der Waals surface area (Å²) in [5.74, 6) is -0.756. The van der Waals surface area contributed by atoms with E-state index in [1.807, 2.05) is 60.7 Å². The largest absolute Gasteiger partial charge is 0.358 e. The van der Waals surface area contributed by atoms with Gasteiger partial charge in [0.1, 0.15) is 18.3 Å². The Hall–Kier alpha value is -3.23. The van der Waals surface area contributed by atoms with Crippen LogP contribution in [0.2, 0.25) is 0 Å². The van der Waals surface area contributed by atoms with Gasteiger partial charge in [-0.05, 0) is 37.9 Å². The van der Waals surface area contributed by atoms with Crippen molar-refractivity contribution >= 4 is 17.7 Å². The molecule has 2 aromatic carbocycles. The fourth-order valence-electron chi connectivity index (χ4n) is 4.57. The lowest BCUT2D eigenvalue weighted by atomic mass is 9.98. The molecule has 180 valence electrons. The van der Waals surface area contributed by atoms with E-state index in [4.69, 9.17) is 4.74 Å². The summed E-state index contributed by atoms with van der Waals surface area (Å²) in [6.07, 6.45) is 1.00. The SMILES string of the molecule is CN[C@@H](C)C(=O)N[C@H]1CCO[C@H]2CCC(C(=O)NC(c3ccccc3)c3ccccc3)N2C1=O. The van der Waals surface area contributed by atoms with E-state index in [1.54, 1.807) is 14.0 Å². The molecule has 4 rings (SSSR count). The molecule has 8 nitrogen and oxygen atoms in total. The highest BCUT2D eigenvalue weighted by atomic mass is 16.5. The number of likely N-dealkylation sites (N-methyl/N-ethyl adjacent to an activating group) is 1. The van der Waals surface area contributed by atoms with Crippen molar-refractivity contribution in [2.24, 2.45) is 0 Å². The Morgan fingerprint density at radius 1 is 0.971 bits per heavy atom. The molecule has 0 aromatic heterocycles. The first-order valence-electron chi connectivity index (χ1n) is 11.8. The van der Waals surface area contributed by atoms with Crippen LogP contribution in [0.4, 0.5) is 0 Å².